The summed E-state index contributed by atoms with van der Waals surface area (Å²) in [5.74, 6) is -1.06. The molecular formula is C11H17F3N4S. The molecule has 0 aromatic carbocycles. The number of piperidine rings is 1. The molecule has 1 atom stereocenters. The van der Waals surface area contributed by atoms with Gasteiger partial charge < -0.3 is 5.32 Å². The summed E-state index contributed by atoms with van der Waals surface area (Å²) < 4.78 is 40.3. The average molecular weight is 294 g/mol. The molecule has 1 unspecified atom stereocenters. The Balaban J connectivity index is 1.83. The molecule has 0 radical (unpaired) electrons. The number of alkyl halides is 3. The highest BCUT2D eigenvalue weighted by molar-refractivity contribution is 7.09. The summed E-state index contributed by atoms with van der Waals surface area (Å²) in [6.45, 7) is 4.79. The lowest BCUT2D eigenvalue weighted by molar-refractivity contribution is -0.144. The van der Waals surface area contributed by atoms with Crippen molar-refractivity contribution in [3.63, 3.8) is 0 Å². The number of rotatable bonds is 4. The Morgan fingerprint density at radius 2 is 2.00 bits per heavy atom. The van der Waals surface area contributed by atoms with Gasteiger partial charge in [-0.05, 0) is 32.9 Å². The van der Waals surface area contributed by atoms with E-state index in [1.807, 2.05) is 0 Å². The lowest BCUT2D eigenvalue weighted by Crippen LogP contribution is -2.41. The van der Waals surface area contributed by atoms with E-state index < -0.39 is 12.0 Å². The number of nitrogens with one attached hydrogen (secondary N) is 1. The van der Waals surface area contributed by atoms with Crippen LogP contribution in [0.3, 0.4) is 0 Å². The minimum atomic E-state index is -4.46. The second kappa shape index (κ2) is 6.04. The van der Waals surface area contributed by atoms with Crippen molar-refractivity contribution < 1.29 is 13.2 Å². The third-order valence-electron chi connectivity index (χ3n) is 3.24. The van der Waals surface area contributed by atoms with E-state index in [-0.39, 0.29) is 5.13 Å². The normalized spacial score (nSPS) is 19.4. The maximum atomic E-state index is 12.3. The van der Waals surface area contributed by atoms with Crippen LogP contribution in [-0.2, 0) is 6.18 Å². The van der Waals surface area contributed by atoms with Crippen molar-refractivity contribution in [1.82, 2.24) is 14.3 Å². The number of nitrogens with zero attached hydrogens (tertiary/aromatic N) is 3. The van der Waals surface area contributed by atoms with Gasteiger partial charge in [-0.1, -0.05) is 6.42 Å². The van der Waals surface area contributed by atoms with Crippen LogP contribution < -0.4 is 5.32 Å². The van der Waals surface area contributed by atoms with E-state index in [0.29, 0.717) is 12.6 Å². The predicted molar refractivity (Wildman–Crippen MR) is 68.3 cm³/mol. The molecule has 2 rings (SSSR count). The van der Waals surface area contributed by atoms with Gasteiger partial charge >= 0.3 is 6.18 Å². The maximum Gasteiger partial charge on any atom is 0.452 e. The monoisotopic (exact) mass is 294 g/mol. The van der Waals surface area contributed by atoms with Gasteiger partial charge in [0.25, 0.3) is 0 Å². The standard InChI is InChI=1S/C11H17F3N4S/c1-8(18-5-3-2-4-6-18)7-15-10-16-9(17-19-10)11(12,13)14/h8H,2-7H2,1H3,(H,15,16,17). The van der Waals surface area contributed by atoms with Gasteiger partial charge in [0.1, 0.15) is 0 Å². The van der Waals surface area contributed by atoms with E-state index >= 15 is 0 Å². The van der Waals surface area contributed by atoms with Crippen molar-refractivity contribution in [3.8, 4) is 0 Å². The lowest BCUT2D eigenvalue weighted by Gasteiger charge is -2.32. The average Bonchev–Trinajstić information content (AvgIpc) is 2.86. The van der Waals surface area contributed by atoms with Crippen LogP contribution in [-0.4, -0.2) is 39.9 Å². The molecule has 1 aliphatic heterocycles. The van der Waals surface area contributed by atoms with Crippen molar-refractivity contribution in [1.29, 1.82) is 0 Å². The fraction of sp³-hybridized carbons (Fsp3) is 0.818. The lowest BCUT2D eigenvalue weighted by atomic mass is 10.1. The molecule has 19 heavy (non-hydrogen) atoms. The molecule has 0 bridgehead atoms. The summed E-state index contributed by atoms with van der Waals surface area (Å²) in [6.07, 6.45) is -0.806. The summed E-state index contributed by atoms with van der Waals surface area (Å²) in [6, 6.07) is 0.290. The van der Waals surface area contributed by atoms with Crippen LogP contribution in [0.1, 0.15) is 32.0 Å². The second-order valence-electron chi connectivity index (χ2n) is 4.75. The molecule has 0 saturated carbocycles. The first-order valence-corrected chi connectivity index (χ1v) is 7.13. The maximum absolute atomic E-state index is 12.3. The van der Waals surface area contributed by atoms with Crippen LogP contribution in [0.4, 0.5) is 18.3 Å². The zero-order valence-corrected chi connectivity index (χ0v) is 11.5. The summed E-state index contributed by atoms with van der Waals surface area (Å²) >= 11 is 0.754. The molecule has 0 amide bonds. The van der Waals surface area contributed by atoms with Gasteiger partial charge in [0.05, 0.1) is 0 Å². The minimum absolute atomic E-state index is 0.233. The number of hydrogen-bond acceptors (Lipinski definition) is 5. The fourth-order valence-electron chi connectivity index (χ4n) is 2.13. The number of hydrogen-bond donors (Lipinski definition) is 1. The Kier molecular flexibility index (Phi) is 4.62. The van der Waals surface area contributed by atoms with Gasteiger partial charge in [0, 0.05) is 24.1 Å². The molecule has 1 saturated heterocycles. The molecule has 2 heterocycles. The molecule has 8 heteroatoms. The van der Waals surface area contributed by atoms with Crippen LogP contribution >= 0.6 is 11.5 Å². The number of aromatic nitrogens is 2. The van der Waals surface area contributed by atoms with Gasteiger partial charge in [-0.3, -0.25) is 4.90 Å². The predicted octanol–water partition coefficient (Wildman–Crippen LogP) is 2.84. The first kappa shape index (κ1) is 14.5. The summed E-state index contributed by atoms with van der Waals surface area (Å²) in [7, 11) is 0. The van der Waals surface area contributed by atoms with Crippen LogP contribution in [0.2, 0.25) is 0 Å². The van der Waals surface area contributed by atoms with Crippen molar-refractivity contribution in [3.05, 3.63) is 5.82 Å². The van der Waals surface area contributed by atoms with Crippen LogP contribution in [0.15, 0.2) is 0 Å². The van der Waals surface area contributed by atoms with Crippen LogP contribution in [0.5, 0.6) is 0 Å². The molecule has 1 aromatic heterocycles. The summed E-state index contributed by atoms with van der Waals surface area (Å²) in [4.78, 5) is 5.80. The molecule has 0 spiro atoms. The SMILES string of the molecule is CC(CNc1nc(C(F)(F)F)ns1)N1CCCCC1. The summed E-state index contributed by atoms with van der Waals surface area (Å²) in [5, 5.41) is 3.17. The fourth-order valence-corrected chi connectivity index (χ4v) is 2.73. The summed E-state index contributed by atoms with van der Waals surface area (Å²) in [5.41, 5.74) is 0. The van der Waals surface area contributed by atoms with Gasteiger partial charge in [-0.2, -0.15) is 22.5 Å². The second-order valence-corrected chi connectivity index (χ2v) is 5.50. The van der Waals surface area contributed by atoms with E-state index in [2.05, 4.69) is 26.5 Å². The molecule has 1 aliphatic rings. The third kappa shape index (κ3) is 4.04. The molecule has 0 aliphatic carbocycles. The Labute approximate surface area is 114 Å². The van der Waals surface area contributed by atoms with Crippen molar-refractivity contribution in [2.75, 3.05) is 25.0 Å². The zero-order chi connectivity index (χ0) is 13.9. The van der Waals surface area contributed by atoms with Gasteiger partial charge in [0.2, 0.25) is 11.0 Å². The highest BCUT2D eigenvalue weighted by Gasteiger charge is 2.36. The largest absolute Gasteiger partial charge is 0.452 e. The van der Waals surface area contributed by atoms with E-state index in [1.54, 1.807) is 0 Å². The quantitative estimate of drug-likeness (QED) is 0.927. The molecule has 1 aromatic rings. The molecule has 4 nitrogen and oxygen atoms in total. The smallest absolute Gasteiger partial charge is 0.359 e. The molecule has 1 fully saturated rings. The van der Waals surface area contributed by atoms with Gasteiger partial charge in [-0.15, -0.1) is 0 Å². The molecule has 1 N–H and O–H groups in total. The van der Waals surface area contributed by atoms with E-state index in [1.165, 1.54) is 19.3 Å². The number of anilines is 1. The van der Waals surface area contributed by atoms with E-state index in [4.69, 9.17) is 0 Å². The number of likely N-dealkylation sites (tertiary alicyclic amines) is 1. The topological polar surface area (TPSA) is 41.1 Å². The first-order chi connectivity index (χ1) is 8.97. The Morgan fingerprint density at radius 3 is 2.58 bits per heavy atom. The minimum Gasteiger partial charge on any atom is -0.359 e. The molecular weight excluding hydrogens is 277 g/mol. The Bertz CT molecular complexity index is 401. The third-order valence-corrected chi connectivity index (χ3v) is 3.92. The van der Waals surface area contributed by atoms with Crippen LogP contribution in [0.25, 0.3) is 0 Å². The highest BCUT2D eigenvalue weighted by atomic mass is 32.1. The van der Waals surface area contributed by atoms with Crippen molar-refractivity contribution >= 4 is 16.7 Å². The molecule has 108 valence electrons. The first-order valence-electron chi connectivity index (χ1n) is 6.35. The van der Waals surface area contributed by atoms with Crippen molar-refractivity contribution in [2.24, 2.45) is 0 Å². The Morgan fingerprint density at radius 1 is 1.32 bits per heavy atom. The van der Waals surface area contributed by atoms with Gasteiger partial charge in [0.15, 0.2) is 0 Å². The van der Waals surface area contributed by atoms with E-state index in [0.717, 1.165) is 24.6 Å². The van der Waals surface area contributed by atoms with Crippen LogP contribution in [0, 0.1) is 0 Å². The zero-order valence-electron chi connectivity index (χ0n) is 10.7. The number of halogens is 3. The van der Waals surface area contributed by atoms with Crippen molar-refractivity contribution in [2.45, 2.75) is 38.4 Å². The Hall–Kier alpha value is -0.890. The van der Waals surface area contributed by atoms with E-state index in [9.17, 15) is 13.2 Å². The van der Waals surface area contributed by atoms with Gasteiger partial charge in [-0.25, -0.2) is 0 Å². The highest BCUT2D eigenvalue weighted by Crippen LogP contribution is 2.28.